The lowest BCUT2D eigenvalue weighted by molar-refractivity contribution is -0.115. The molecule has 2 heterocycles. The highest BCUT2D eigenvalue weighted by molar-refractivity contribution is 8.02. The molecule has 1 amide bonds. The van der Waals surface area contributed by atoms with E-state index in [2.05, 4.69) is 26.9 Å². The molecule has 138 valence electrons. The van der Waals surface area contributed by atoms with E-state index < -0.39 is 0 Å². The van der Waals surface area contributed by atoms with E-state index in [-0.39, 0.29) is 11.2 Å². The molecule has 0 radical (unpaired) electrons. The molecule has 0 saturated heterocycles. The number of thiophene rings is 1. The molecule has 3 rings (SSSR count). The number of anilines is 3. The topological polar surface area (TPSA) is 90.7 Å². The van der Waals surface area contributed by atoms with Crippen LogP contribution in [0.3, 0.4) is 0 Å². The highest BCUT2D eigenvalue weighted by atomic mass is 35.5. The van der Waals surface area contributed by atoms with Crippen LogP contribution in [0.5, 0.6) is 0 Å². The van der Waals surface area contributed by atoms with Crippen molar-refractivity contribution in [2.75, 3.05) is 10.6 Å². The minimum absolute atomic E-state index is 0.186. The number of nitrogens with one attached hydrogen (secondary N) is 2. The second kappa shape index (κ2) is 8.71. The molecule has 27 heavy (non-hydrogen) atoms. The number of halogens is 1. The zero-order valence-electron chi connectivity index (χ0n) is 14.3. The Morgan fingerprint density at radius 2 is 2.19 bits per heavy atom. The van der Waals surface area contributed by atoms with Gasteiger partial charge in [-0.3, -0.25) is 4.79 Å². The molecule has 0 fully saturated rings. The SMILES string of the molecule is Cc1c(Cl)cccc1Nc1nnc(SC(C)C(=O)Nc2sccc2C#N)s1. The highest BCUT2D eigenvalue weighted by Gasteiger charge is 2.19. The molecular formula is C17H14ClN5OS3. The number of carbonyl (C=O) groups excluding carboxylic acids is 1. The van der Waals surface area contributed by atoms with Crippen LogP contribution in [0.4, 0.5) is 15.8 Å². The van der Waals surface area contributed by atoms with Gasteiger partial charge >= 0.3 is 0 Å². The number of rotatable bonds is 6. The summed E-state index contributed by atoms with van der Waals surface area (Å²) in [7, 11) is 0. The normalized spacial score (nSPS) is 11.6. The summed E-state index contributed by atoms with van der Waals surface area (Å²) in [6, 6.07) is 9.34. The standard InChI is InChI=1S/C17H14ClN5OS3/c1-9-12(18)4-3-5-13(9)20-16-22-23-17(27-16)26-10(2)14(24)21-15-11(8-19)6-7-25-15/h3-7,10H,1-2H3,(H,20,22)(H,21,24). The van der Waals surface area contributed by atoms with Crippen molar-refractivity contribution in [2.45, 2.75) is 23.4 Å². The van der Waals surface area contributed by atoms with Gasteiger partial charge in [0, 0.05) is 10.7 Å². The number of amides is 1. The molecule has 0 aliphatic carbocycles. The summed E-state index contributed by atoms with van der Waals surface area (Å²) in [5.41, 5.74) is 2.26. The van der Waals surface area contributed by atoms with Crippen molar-refractivity contribution in [1.29, 1.82) is 5.26 Å². The molecule has 0 aliphatic rings. The molecule has 2 N–H and O–H groups in total. The first-order valence-electron chi connectivity index (χ1n) is 7.78. The molecule has 1 aromatic carbocycles. The fourth-order valence-electron chi connectivity index (χ4n) is 2.08. The number of nitrogens with zero attached hydrogens (tertiary/aromatic N) is 3. The van der Waals surface area contributed by atoms with Crippen LogP contribution in [0.2, 0.25) is 5.02 Å². The van der Waals surface area contributed by atoms with Crippen LogP contribution >= 0.6 is 46.0 Å². The molecule has 6 nitrogen and oxygen atoms in total. The summed E-state index contributed by atoms with van der Waals surface area (Å²) >= 11 is 10.1. The third-order valence-electron chi connectivity index (χ3n) is 3.58. The third-order valence-corrected chi connectivity index (χ3v) is 6.85. The van der Waals surface area contributed by atoms with Crippen LogP contribution in [0, 0.1) is 18.3 Å². The summed E-state index contributed by atoms with van der Waals surface area (Å²) in [5.74, 6) is -0.186. The van der Waals surface area contributed by atoms with Gasteiger partial charge in [-0.1, -0.05) is 40.8 Å². The van der Waals surface area contributed by atoms with Gasteiger partial charge in [0.1, 0.15) is 11.1 Å². The number of carbonyl (C=O) groups is 1. The molecule has 0 saturated carbocycles. The van der Waals surface area contributed by atoms with Crippen molar-refractivity contribution >= 4 is 67.8 Å². The fraction of sp³-hybridized carbons (Fsp3) is 0.176. The van der Waals surface area contributed by atoms with Crippen LogP contribution in [0.1, 0.15) is 18.1 Å². The Bertz CT molecular complexity index is 1010. The van der Waals surface area contributed by atoms with Crippen molar-refractivity contribution in [3.63, 3.8) is 0 Å². The monoisotopic (exact) mass is 435 g/mol. The Kier molecular flexibility index (Phi) is 6.34. The van der Waals surface area contributed by atoms with Crippen LogP contribution in [-0.2, 0) is 4.79 Å². The van der Waals surface area contributed by atoms with E-state index in [0.717, 1.165) is 11.3 Å². The smallest absolute Gasteiger partial charge is 0.238 e. The van der Waals surface area contributed by atoms with Gasteiger partial charge in [-0.05, 0) is 43.0 Å². The summed E-state index contributed by atoms with van der Waals surface area (Å²) in [6.45, 7) is 3.71. The van der Waals surface area contributed by atoms with E-state index in [1.54, 1.807) is 18.4 Å². The van der Waals surface area contributed by atoms with Gasteiger partial charge in [-0.2, -0.15) is 5.26 Å². The predicted molar refractivity (Wildman–Crippen MR) is 112 cm³/mol. The van der Waals surface area contributed by atoms with Gasteiger partial charge in [0.15, 0.2) is 4.34 Å². The van der Waals surface area contributed by atoms with E-state index in [1.165, 1.54) is 34.4 Å². The average molecular weight is 436 g/mol. The van der Waals surface area contributed by atoms with E-state index in [4.69, 9.17) is 16.9 Å². The van der Waals surface area contributed by atoms with Gasteiger partial charge in [0.05, 0.1) is 10.8 Å². The number of aromatic nitrogens is 2. The molecule has 3 aromatic rings. The van der Waals surface area contributed by atoms with Gasteiger partial charge in [0.25, 0.3) is 0 Å². The van der Waals surface area contributed by atoms with Crippen molar-refractivity contribution in [1.82, 2.24) is 10.2 Å². The van der Waals surface area contributed by atoms with Crippen molar-refractivity contribution in [2.24, 2.45) is 0 Å². The Morgan fingerprint density at radius 3 is 2.96 bits per heavy atom. The van der Waals surface area contributed by atoms with Gasteiger partial charge in [-0.25, -0.2) is 0 Å². The van der Waals surface area contributed by atoms with Crippen molar-refractivity contribution < 1.29 is 4.79 Å². The summed E-state index contributed by atoms with van der Waals surface area (Å²) < 4.78 is 0.673. The van der Waals surface area contributed by atoms with Crippen LogP contribution in [-0.4, -0.2) is 21.4 Å². The second-order valence-electron chi connectivity index (χ2n) is 5.44. The maximum Gasteiger partial charge on any atom is 0.238 e. The van der Waals surface area contributed by atoms with Gasteiger partial charge in [0.2, 0.25) is 11.0 Å². The number of hydrogen-bond acceptors (Lipinski definition) is 8. The van der Waals surface area contributed by atoms with E-state index >= 15 is 0 Å². The third kappa shape index (κ3) is 4.78. The fourth-order valence-corrected chi connectivity index (χ4v) is 4.90. The van der Waals surface area contributed by atoms with Crippen molar-refractivity contribution in [3.8, 4) is 6.07 Å². The van der Waals surface area contributed by atoms with Gasteiger partial charge in [-0.15, -0.1) is 21.5 Å². The molecular weight excluding hydrogens is 422 g/mol. The first kappa shape index (κ1) is 19.6. The quantitative estimate of drug-likeness (QED) is 0.511. The maximum atomic E-state index is 12.4. The first-order chi connectivity index (χ1) is 13.0. The molecule has 0 spiro atoms. The minimum Gasteiger partial charge on any atom is -0.330 e. The highest BCUT2D eigenvalue weighted by Crippen LogP contribution is 2.33. The Labute approximate surface area is 173 Å². The zero-order valence-corrected chi connectivity index (χ0v) is 17.5. The summed E-state index contributed by atoms with van der Waals surface area (Å²) in [4.78, 5) is 12.4. The predicted octanol–water partition coefficient (Wildman–Crippen LogP) is 5.30. The van der Waals surface area contributed by atoms with Gasteiger partial charge < -0.3 is 10.6 Å². The number of benzene rings is 1. The molecule has 10 heteroatoms. The van der Waals surface area contributed by atoms with Crippen LogP contribution < -0.4 is 10.6 Å². The Hall–Kier alpha value is -2.12. The largest absolute Gasteiger partial charge is 0.330 e. The zero-order chi connectivity index (χ0) is 19.4. The average Bonchev–Trinajstić information content (AvgIpc) is 3.28. The number of hydrogen-bond donors (Lipinski definition) is 2. The summed E-state index contributed by atoms with van der Waals surface area (Å²) in [5, 5.41) is 26.5. The summed E-state index contributed by atoms with van der Waals surface area (Å²) in [6.07, 6.45) is 0. The Morgan fingerprint density at radius 1 is 1.37 bits per heavy atom. The lowest BCUT2D eigenvalue weighted by Gasteiger charge is -2.09. The minimum atomic E-state index is -0.382. The maximum absolute atomic E-state index is 12.4. The Balaban J connectivity index is 1.62. The second-order valence-corrected chi connectivity index (χ2v) is 9.32. The molecule has 2 aromatic heterocycles. The number of nitriles is 1. The lowest BCUT2D eigenvalue weighted by atomic mass is 10.2. The lowest BCUT2D eigenvalue weighted by Crippen LogP contribution is -2.22. The molecule has 1 atom stereocenters. The van der Waals surface area contributed by atoms with E-state index in [0.29, 0.717) is 25.1 Å². The van der Waals surface area contributed by atoms with Crippen LogP contribution in [0.15, 0.2) is 34.0 Å². The van der Waals surface area contributed by atoms with Crippen LogP contribution in [0.25, 0.3) is 0 Å². The van der Waals surface area contributed by atoms with E-state index in [9.17, 15) is 4.79 Å². The number of thioether (sulfide) groups is 1. The first-order valence-corrected chi connectivity index (χ1v) is 10.7. The molecule has 0 aliphatic heterocycles. The van der Waals surface area contributed by atoms with E-state index in [1.807, 2.05) is 25.1 Å². The molecule has 0 bridgehead atoms. The molecule has 1 unspecified atom stereocenters. The van der Waals surface area contributed by atoms with Crippen molar-refractivity contribution in [3.05, 3.63) is 45.8 Å².